The molecule has 0 aliphatic heterocycles. The van der Waals surface area contributed by atoms with Crippen LogP contribution in [0.1, 0.15) is 16.7 Å². The molecule has 0 saturated heterocycles. The van der Waals surface area contributed by atoms with E-state index in [0.29, 0.717) is 23.5 Å². The van der Waals surface area contributed by atoms with Crippen molar-refractivity contribution in [3.63, 3.8) is 0 Å². The summed E-state index contributed by atoms with van der Waals surface area (Å²) in [5.41, 5.74) is 8.44. The monoisotopic (exact) mass is 357 g/mol. The normalized spacial score (nSPS) is 9.89. The van der Waals surface area contributed by atoms with Gasteiger partial charge in [0.1, 0.15) is 30.1 Å². The van der Waals surface area contributed by atoms with E-state index in [1.807, 2.05) is 36.4 Å². The van der Waals surface area contributed by atoms with E-state index in [0.717, 1.165) is 5.56 Å². The third kappa shape index (κ3) is 3.65. The minimum Gasteiger partial charge on any atom is -0.489 e. The molecule has 27 heavy (non-hydrogen) atoms. The predicted molar refractivity (Wildman–Crippen MR) is 99.6 cm³/mol. The van der Waals surface area contributed by atoms with Gasteiger partial charge >= 0.3 is 5.88 Å². The molecule has 0 aliphatic carbocycles. The minimum atomic E-state index is 0.138. The van der Waals surface area contributed by atoms with Gasteiger partial charge in [-0.2, -0.15) is 10.5 Å². The third-order valence-electron chi connectivity index (χ3n) is 4.04. The van der Waals surface area contributed by atoms with Crippen LogP contribution in [-0.2, 0) is 6.61 Å². The molecule has 6 nitrogen and oxygen atoms in total. The Hall–Kier alpha value is -4.03. The first-order chi connectivity index (χ1) is 13.2. The van der Waals surface area contributed by atoms with E-state index >= 15 is 0 Å². The molecular formula is C21H17N4O2+. The number of aromatic amines is 1. The van der Waals surface area contributed by atoms with Crippen molar-refractivity contribution in [2.75, 3.05) is 12.8 Å². The largest absolute Gasteiger partial charge is 0.489 e. The zero-order valence-corrected chi connectivity index (χ0v) is 14.7. The highest BCUT2D eigenvalue weighted by Gasteiger charge is 2.24. The Kier molecular flexibility index (Phi) is 5.20. The lowest BCUT2D eigenvalue weighted by Gasteiger charge is -2.11. The van der Waals surface area contributed by atoms with Gasteiger partial charge in [-0.05, 0) is 23.3 Å². The Labute approximate surface area is 157 Å². The number of nitrogens with one attached hydrogen (secondary N) is 1. The van der Waals surface area contributed by atoms with Crippen LogP contribution in [-0.4, -0.2) is 7.11 Å². The first kappa shape index (κ1) is 17.8. The Balaban J connectivity index is 2.03. The fourth-order valence-electron chi connectivity index (χ4n) is 2.77. The number of rotatable bonds is 5. The summed E-state index contributed by atoms with van der Waals surface area (Å²) in [6, 6.07) is 21.1. The van der Waals surface area contributed by atoms with Gasteiger partial charge < -0.3 is 9.47 Å². The van der Waals surface area contributed by atoms with Crippen LogP contribution in [0.4, 0.5) is 5.82 Å². The molecule has 3 rings (SSSR count). The lowest BCUT2D eigenvalue weighted by atomic mass is 9.96. The summed E-state index contributed by atoms with van der Waals surface area (Å²) in [7, 11) is 1.43. The second-order valence-corrected chi connectivity index (χ2v) is 5.72. The highest BCUT2D eigenvalue weighted by atomic mass is 16.5. The molecule has 0 saturated carbocycles. The molecule has 0 unspecified atom stereocenters. The molecule has 0 spiro atoms. The summed E-state index contributed by atoms with van der Waals surface area (Å²) in [5, 5.41) is 19.1. The number of anilines is 1. The van der Waals surface area contributed by atoms with Crippen molar-refractivity contribution in [2.45, 2.75) is 6.61 Å². The van der Waals surface area contributed by atoms with Gasteiger partial charge in [-0.25, -0.2) is 4.98 Å². The summed E-state index contributed by atoms with van der Waals surface area (Å²) in [6.07, 6.45) is 0. The van der Waals surface area contributed by atoms with Crippen LogP contribution in [0.3, 0.4) is 0 Å². The van der Waals surface area contributed by atoms with Crippen molar-refractivity contribution in [2.24, 2.45) is 0 Å². The van der Waals surface area contributed by atoms with Crippen LogP contribution < -0.4 is 20.2 Å². The SMILES string of the molecule is COc1[nH+]c(N)c(C#N)c(-c2cccc(OCc3ccccc3)c2)c1C#N. The number of pyridine rings is 1. The van der Waals surface area contributed by atoms with Gasteiger partial charge in [0.2, 0.25) is 0 Å². The smallest absolute Gasteiger partial charge is 0.300 e. The first-order valence-electron chi connectivity index (χ1n) is 8.18. The number of H-pyrrole nitrogens is 1. The van der Waals surface area contributed by atoms with Gasteiger partial charge in [0.05, 0.1) is 7.11 Å². The second-order valence-electron chi connectivity index (χ2n) is 5.72. The second kappa shape index (κ2) is 7.90. The number of ether oxygens (including phenoxy) is 2. The third-order valence-corrected chi connectivity index (χ3v) is 4.04. The molecule has 1 heterocycles. The number of aromatic nitrogens is 1. The van der Waals surface area contributed by atoms with Gasteiger partial charge in [-0.1, -0.05) is 42.5 Å². The number of methoxy groups -OCH3 is 1. The number of hydrogen-bond acceptors (Lipinski definition) is 5. The molecule has 6 heteroatoms. The van der Waals surface area contributed by atoms with Crippen LogP contribution in [0.25, 0.3) is 11.1 Å². The maximum absolute atomic E-state index is 9.59. The van der Waals surface area contributed by atoms with E-state index in [1.54, 1.807) is 18.2 Å². The molecular weight excluding hydrogens is 340 g/mol. The van der Waals surface area contributed by atoms with Crippen LogP contribution in [0.2, 0.25) is 0 Å². The molecule has 0 radical (unpaired) electrons. The molecule has 0 fully saturated rings. The molecule has 0 bridgehead atoms. The highest BCUT2D eigenvalue weighted by Crippen LogP contribution is 2.34. The summed E-state index contributed by atoms with van der Waals surface area (Å²) in [6.45, 7) is 0.411. The van der Waals surface area contributed by atoms with Crippen LogP contribution in [0, 0.1) is 22.7 Å². The van der Waals surface area contributed by atoms with Gasteiger partial charge in [0, 0.05) is 5.56 Å². The number of nitrogens with zero attached hydrogens (tertiary/aromatic N) is 2. The van der Waals surface area contributed by atoms with Crippen LogP contribution in [0.5, 0.6) is 11.6 Å². The number of nitrogens with two attached hydrogens (primary N) is 1. The Morgan fingerprint density at radius 1 is 1.00 bits per heavy atom. The van der Waals surface area contributed by atoms with E-state index in [4.69, 9.17) is 15.2 Å². The van der Waals surface area contributed by atoms with Gasteiger partial charge in [-0.15, -0.1) is 0 Å². The van der Waals surface area contributed by atoms with E-state index < -0.39 is 0 Å². The average Bonchev–Trinajstić information content (AvgIpc) is 2.72. The maximum Gasteiger partial charge on any atom is 0.300 e. The van der Waals surface area contributed by atoms with Crippen molar-refractivity contribution in [1.82, 2.24) is 0 Å². The molecule has 0 atom stereocenters. The number of hydrogen-bond donors (Lipinski definition) is 1. The van der Waals surface area contributed by atoms with Crippen LogP contribution >= 0.6 is 0 Å². The summed E-state index contributed by atoms with van der Waals surface area (Å²) < 4.78 is 11.1. The number of benzene rings is 2. The minimum absolute atomic E-state index is 0.138. The van der Waals surface area contributed by atoms with E-state index in [-0.39, 0.29) is 22.8 Å². The zero-order valence-electron chi connectivity index (χ0n) is 14.7. The van der Waals surface area contributed by atoms with Crippen molar-refractivity contribution in [1.29, 1.82) is 10.5 Å². The summed E-state index contributed by atoms with van der Waals surface area (Å²) in [4.78, 5) is 2.75. The zero-order chi connectivity index (χ0) is 19.2. The fraction of sp³-hybridized carbons (Fsp3) is 0.0952. The Morgan fingerprint density at radius 3 is 2.41 bits per heavy atom. The molecule has 0 amide bonds. The van der Waals surface area contributed by atoms with Crippen molar-refractivity contribution in [3.05, 3.63) is 71.3 Å². The Bertz CT molecular complexity index is 1050. The van der Waals surface area contributed by atoms with Crippen molar-refractivity contribution >= 4 is 5.82 Å². The molecule has 132 valence electrons. The predicted octanol–water partition coefficient (Wildman–Crippen LogP) is 3.08. The van der Waals surface area contributed by atoms with Crippen LogP contribution in [0.15, 0.2) is 54.6 Å². The standard InChI is InChI=1S/C21H16N4O2/c1-26-21-18(12-23)19(17(11-22)20(24)25-21)15-8-5-9-16(10-15)27-13-14-6-3-2-4-7-14/h2-10H,13H2,1H3,(H2,24,25)/p+1. The molecule has 1 aromatic heterocycles. The Morgan fingerprint density at radius 2 is 1.74 bits per heavy atom. The van der Waals surface area contributed by atoms with E-state index in [1.165, 1.54) is 7.11 Å². The van der Waals surface area contributed by atoms with Crippen molar-refractivity contribution in [3.8, 4) is 34.9 Å². The van der Waals surface area contributed by atoms with E-state index in [9.17, 15) is 10.5 Å². The number of nitriles is 2. The summed E-state index contributed by atoms with van der Waals surface area (Å²) in [5.74, 6) is 0.966. The molecule has 3 aromatic rings. The number of nitrogen functional groups attached to an aromatic ring is 1. The summed E-state index contributed by atoms with van der Waals surface area (Å²) >= 11 is 0. The average molecular weight is 357 g/mol. The molecule has 0 aliphatic rings. The highest BCUT2D eigenvalue weighted by molar-refractivity contribution is 5.81. The quantitative estimate of drug-likeness (QED) is 0.755. The van der Waals surface area contributed by atoms with Gasteiger partial charge in [0.25, 0.3) is 5.82 Å². The van der Waals surface area contributed by atoms with Gasteiger partial charge in [0.15, 0.2) is 5.56 Å². The molecule has 2 aromatic carbocycles. The molecule has 3 N–H and O–H groups in total. The fourth-order valence-corrected chi connectivity index (χ4v) is 2.77. The van der Waals surface area contributed by atoms with E-state index in [2.05, 4.69) is 17.1 Å². The lowest BCUT2D eigenvalue weighted by molar-refractivity contribution is -0.376. The first-order valence-corrected chi connectivity index (χ1v) is 8.18. The topological polar surface area (TPSA) is 106 Å². The van der Waals surface area contributed by atoms with Gasteiger partial charge in [-0.3, -0.25) is 5.73 Å². The maximum atomic E-state index is 9.59. The lowest BCUT2D eigenvalue weighted by Crippen LogP contribution is -2.18. The van der Waals surface area contributed by atoms with Crippen molar-refractivity contribution < 1.29 is 14.5 Å².